The molecule has 134 valence electrons. The average molecular weight is 359 g/mol. The molecular weight excluding hydrogens is 342 g/mol. The van der Waals surface area contributed by atoms with Gasteiger partial charge in [0.25, 0.3) is 0 Å². The first-order chi connectivity index (χ1) is 13.2. The smallest absolute Gasteiger partial charge is 0.346 e. The van der Waals surface area contributed by atoms with Gasteiger partial charge < -0.3 is 14.6 Å². The number of carbonyl (C=O) groups is 1. The van der Waals surface area contributed by atoms with Gasteiger partial charge in [-0.3, -0.25) is 0 Å². The SMILES string of the molecule is N#CC(=Cc1ccc(OCCOc2ccc3ccccc3c2)cc1)C(=O)O. The zero-order valence-electron chi connectivity index (χ0n) is 14.5. The first-order valence-electron chi connectivity index (χ1n) is 8.35. The highest BCUT2D eigenvalue weighted by molar-refractivity contribution is 5.96. The predicted octanol–water partition coefficient (Wildman–Crippen LogP) is 4.29. The summed E-state index contributed by atoms with van der Waals surface area (Å²) < 4.78 is 11.3. The summed E-state index contributed by atoms with van der Waals surface area (Å²) in [4.78, 5) is 10.8. The summed E-state index contributed by atoms with van der Waals surface area (Å²) in [5.74, 6) is 0.183. The van der Waals surface area contributed by atoms with E-state index in [0.717, 1.165) is 16.5 Å². The third-order valence-corrected chi connectivity index (χ3v) is 3.88. The van der Waals surface area contributed by atoms with Crippen molar-refractivity contribution in [3.05, 3.63) is 77.9 Å². The number of carboxylic acids is 1. The Morgan fingerprint density at radius 2 is 1.56 bits per heavy atom. The molecule has 3 aromatic rings. The molecule has 0 radical (unpaired) electrons. The van der Waals surface area contributed by atoms with Crippen LogP contribution in [0.15, 0.2) is 72.3 Å². The van der Waals surface area contributed by atoms with E-state index in [1.54, 1.807) is 30.3 Å². The molecule has 0 aliphatic rings. The molecule has 5 nitrogen and oxygen atoms in total. The molecule has 0 aliphatic carbocycles. The highest BCUT2D eigenvalue weighted by Gasteiger charge is 2.05. The van der Waals surface area contributed by atoms with Crippen LogP contribution in [0.2, 0.25) is 0 Å². The molecule has 0 unspecified atom stereocenters. The molecule has 1 N–H and O–H groups in total. The van der Waals surface area contributed by atoms with E-state index in [9.17, 15) is 4.79 Å². The fourth-order valence-corrected chi connectivity index (χ4v) is 2.55. The average Bonchev–Trinajstić information content (AvgIpc) is 2.70. The molecule has 5 heteroatoms. The Kier molecular flexibility index (Phi) is 5.70. The summed E-state index contributed by atoms with van der Waals surface area (Å²) in [5.41, 5.74) is 0.307. The highest BCUT2D eigenvalue weighted by Crippen LogP contribution is 2.20. The van der Waals surface area contributed by atoms with Crippen molar-refractivity contribution in [3.8, 4) is 17.6 Å². The van der Waals surface area contributed by atoms with Gasteiger partial charge in [0.05, 0.1) is 0 Å². The number of aliphatic carboxylic acids is 1. The number of carboxylic acid groups (broad SMARTS) is 1. The lowest BCUT2D eigenvalue weighted by Gasteiger charge is -2.09. The van der Waals surface area contributed by atoms with Crippen molar-refractivity contribution >= 4 is 22.8 Å². The lowest BCUT2D eigenvalue weighted by atomic mass is 10.1. The van der Waals surface area contributed by atoms with Crippen LogP contribution in [0, 0.1) is 11.3 Å². The standard InChI is InChI=1S/C22H17NO4/c23-15-19(22(24)25)13-16-5-8-20(9-6-16)26-11-12-27-21-10-7-17-3-1-2-4-18(17)14-21/h1-10,13-14H,11-12H2,(H,24,25). The summed E-state index contributed by atoms with van der Waals surface area (Å²) in [6, 6.07) is 22.5. The third kappa shape index (κ3) is 4.86. The maximum absolute atomic E-state index is 10.8. The fourth-order valence-electron chi connectivity index (χ4n) is 2.55. The Labute approximate surface area is 156 Å². The summed E-state index contributed by atoms with van der Waals surface area (Å²) in [6.45, 7) is 0.776. The van der Waals surface area contributed by atoms with Crippen LogP contribution < -0.4 is 9.47 Å². The van der Waals surface area contributed by atoms with Gasteiger partial charge in [-0.15, -0.1) is 0 Å². The molecule has 0 amide bonds. The second kappa shape index (κ2) is 8.54. The molecule has 0 fully saturated rings. The molecule has 0 aliphatic heterocycles. The minimum Gasteiger partial charge on any atom is -0.490 e. The summed E-state index contributed by atoms with van der Waals surface area (Å²) in [7, 11) is 0. The van der Waals surface area contributed by atoms with Crippen LogP contribution in [0.3, 0.4) is 0 Å². The van der Waals surface area contributed by atoms with Gasteiger partial charge in [0, 0.05) is 0 Å². The zero-order chi connectivity index (χ0) is 19.1. The van der Waals surface area contributed by atoms with Crippen LogP contribution in [0.1, 0.15) is 5.56 Å². The van der Waals surface area contributed by atoms with E-state index in [-0.39, 0.29) is 5.57 Å². The molecule has 0 saturated carbocycles. The molecule has 0 saturated heterocycles. The first-order valence-corrected chi connectivity index (χ1v) is 8.35. The number of benzene rings is 3. The molecule has 0 aromatic heterocycles. The molecule has 0 atom stereocenters. The molecule has 3 aromatic carbocycles. The van der Waals surface area contributed by atoms with E-state index in [0.29, 0.717) is 24.5 Å². The number of hydrogen-bond acceptors (Lipinski definition) is 4. The van der Waals surface area contributed by atoms with E-state index < -0.39 is 5.97 Å². The Balaban J connectivity index is 1.51. The number of ether oxygens (including phenoxy) is 2. The number of hydrogen-bond donors (Lipinski definition) is 1. The lowest BCUT2D eigenvalue weighted by molar-refractivity contribution is -0.132. The van der Waals surface area contributed by atoms with Gasteiger partial charge in [0.2, 0.25) is 0 Å². The first kappa shape index (κ1) is 18.0. The molecular formula is C22H17NO4. The molecule has 0 bridgehead atoms. The van der Waals surface area contributed by atoms with Crippen molar-refractivity contribution in [3.63, 3.8) is 0 Å². The lowest BCUT2D eigenvalue weighted by Crippen LogP contribution is -2.08. The highest BCUT2D eigenvalue weighted by atomic mass is 16.5. The van der Waals surface area contributed by atoms with Crippen LogP contribution in [0.4, 0.5) is 0 Å². The Morgan fingerprint density at radius 1 is 0.926 bits per heavy atom. The van der Waals surface area contributed by atoms with Crippen molar-refractivity contribution in [2.45, 2.75) is 0 Å². The molecule has 27 heavy (non-hydrogen) atoms. The molecule has 0 heterocycles. The predicted molar refractivity (Wildman–Crippen MR) is 103 cm³/mol. The normalized spacial score (nSPS) is 11.0. The van der Waals surface area contributed by atoms with Gasteiger partial charge in [-0.25, -0.2) is 4.79 Å². The van der Waals surface area contributed by atoms with Gasteiger partial charge in [0.15, 0.2) is 0 Å². The van der Waals surface area contributed by atoms with Gasteiger partial charge in [-0.1, -0.05) is 42.5 Å². The van der Waals surface area contributed by atoms with E-state index in [4.69, 9.17) is 19.8 Å². The van der Waals surface area contributed by atoms with Gasteiger partial charge in [-0.2, -0.15) is 5.26 Å². The van der Waals surface area contributed by atoms with Crippen LogP contribution in [-0.4, -0.2) is 24.3 Å². The van der Waals surface area contributed by atoms with E-state index in [2.05, 4.69) is 6.07 Å². The fraction of sp³-hybridized carbons (Fsp3) is 0.0909. The minimum absolute atomic E-state index is 0.313. The summed E-state index contributed by atoms with van der Waals surface area (Å²) in [6.07, 6.45) is 1.31. The monoisotopic (exact) mass is 359 g/mol. The van der Waals surface area contributed by atoms with Crippen LogP contribution >= 0.6 is 0 Å². The Hall–Kier alpha value is -3.78. The van der Waals surface area contributed by atoms with Crippen molar-refractivity contribution in [2.75, 3.05) is 13.2 Å². The van der Waals surface area contributed by atoms with Crippen LogP contribution in [0.5, 0.6) is 11.5 Å². The topological polar surface area (TPSA) is 79.5 Å². The van der Waals surface area contributed by atoms with Crippen LogP contribution in [-0.2, 0) is 4.79 Å². The number of nitrogens with zero attached hydrogens (tertiary/aromatic N) is 1. The van der Waals surface area contributed by atoms with E-state index in [1.807, 2.05) is 36.4 Å². The number of fused-ring (bicyclic) bond motifs is 1. The Morgan fingerprint density at radius 3 is 2.22 bits per heavy atom. The van der Waals surface area contributed by atoms with Crippen LogP contribution in [0.25, 0.3) is 16.8 Å². The van der Waals surface area contributed by atoms with Gasteiger partial charge in [0.1, 0.15) is 36.4 Å². The summed E-state index contributed by atoms with van der Waals surface area (Å²) in [5, 5.41) is 19.9. The van der Waals surface area contributed by atoms with Crippen molar-refractivity contribution in [2.24, 2.45) is 0 Å². The van der Waals surface area contributed by atoms with Gasteiger partial charge in [-0.05, 0) is 46.7 Å². The maximum atomic E-state index is 10.8. The molecule has 0 spiro atoms. The Bertz CT molecular complexity index is 1020. The maximum Gasteiger partial charge on any atom is 0.346 e. The second-order valence-electron chi connectivity index (χ2n) is 5.75. The summed E-state index contributed by atoms with van der Waals surface area (Å²) >= 11 is 0. The second-order valence-corrected chi connectivity index (χ2v) is 5.75. The quantitative estimate of drug-likeness (QED) is 0.387. The largest absolute Gasteiger partial charge is 0.490 e. The van der Waals surface area contributed by atoms with E-state index in [1.165, 1.54) is 6.08 Å². The minimum atomic E-state index is -1.25. The van der Waals surface area contributed by atoms with Crippen molar-refractivity contribution in [1.82, 2.24) is 0 Å². The van der Waals surface area contributed by atoms with Crippen molar-refractivity contribution in [1.29, 1.82) is 5.26 Å². The van der Waals surface area contributed by atoms with Crippen molar-refractivity contribution < 1.29 is 19.4 Å². The zero-order valence-corrected chi connectivity index (χ0v) is 14.5. The molecule has 3 rings (SSSR count). The third-order valence-electron chi connectivity index (χ3n) is 3.88. The number of nitriles is 1. The van der Waals surface area contributed by atoms with E-state index >= 15 is 0 Å². The van der Waals surface area contributed by atoms with Gasteiger partial charge >= 0.3 is 5.97 Å². The number of rotatable bonds is 7.